The van der Waals surface area contributed by atoms with Gasteiger partial charge in [0.05, 0.1) is 11.1 Å². The van der Waals surface area contributed by atoms with Crippen LogP contribution >= 0.6 is 0 Å². The number of hydrogen-bond donors (Lipinski definition) is 2. The molecule has 1 unspecified atom stereocenters. The highest BCUT2D eigenvalue weighted by Gasteiger charge is 2.27. The number of amides is 2. The minimum absolute atomic E-state index is 0.179. The van der Waals surface area contributed by atoms with Gasteiger partial charge in [-0.15, -0.1) is 0 Å². The molecule has 2 N–H and O–H groups in total. The van der Waals surface area contributed by atoms with Gasteiger partial charge >= 0.3 is 0 Å². The Morgan fingerprint density at radius 1 is 1.03 bits per heavy atom. The molecule has 0 radical (unpaired) electrons. The average Bonchev–Trinajstić information content (AvgIpc) is 3.53. The van der Waals surface area contributed by atoms with E-state index >= 15 is 0 Å². The topological polar surface area (TPSA) is 102 Å². The van der Waals surface area contributed by atoms with Crippen LogP contribution in [0.4, 0.5) is 11.4 Å². The summed E-state index contributed by atoms with van der Waals surface area (Å²) in [4.78, 5) is 34.1. The SMILES string of the molecule is CC(C(=O)Nc1ccc(NC(=O)c2cc(C3CC3)nc3ccccc23)cc1)n1cncn1. The predicted molar refractivity (Wildman–Crippen MR) is 121 cm³/mol. The Morgan fingerprint density at radius 2 is 1.75 bits per heavy atom. The molecule has 1 aliphatic carbocycles. The molecule has 1 saturated carbocycles. The van der Waals surface area contributed by atoms with Gasteiger partial charge in [0.2, 0.25) is 5.91 Å². The Bertz CT molecular complexity index is 1280. The fraction of sp³-hybridized carbons (Fsp3) is 0.208. The zero-order chi connectivity index (χ0) is 22.1. The Balaban J connectivity index is 1.31. The van der Waals surface area contributed by atoms with Crippen molar-refractivity contribution >= 4 is 34.1 Å². The first-order valence-corrected chi connectivity index (χ1v) is 10.5. The number of rotatable bonds is 6. The van der Waals surface area contributed by atoms with Crippen LogP contribution in [-0.4, -0.2) is 31.6 Å². The molecule has 160 valence electrons. The molecule has 1 aliphatic rings. The molecule has 0 bridgehead atoms. The maximum atomic E-state index is 13.1. The molecule has 4 aromatic rings. The van der Waals surface area contributed by atoms with Crippen LogP contribution in [0.25, 0.3) is 10.9 Å². The summed E-state index contributed by atoms with van der Waals surface area (Å²) < 4.78 is 1.48. The van der Waals surface area contributed by atoms with Gasteiger partial charge in [0.25, 0.3) is 5.91 Å². The van der Waals surface area contributed by atoms with E-state index in [0.717, 1.165) is 29.4 Å². The van der Waals surface area contributed by atoms with Gasteiger partial charge in [0, 0.05) is 28.4 Å². The first-order valence-electron chi connectivity index (χ1n) is 10.5. The minimum atomic E-state index is -0.488. The number of aromatic nitrogens is 4. The number of nitrogens with zero attached hydrogens (tertiary/aromatic N) is 4. The first-order chi connectivity index (χ1) is 15.6. The highest BCUT2D eigenvalue weighted by molar-refractivity contribution is 6.12. The van der Waals surface area contributed by atoms with Gasteiger partial charge < -0.3 is 10.6 Å². The van der Waals surface area contributed by atoms with E-state index < -0.39 is 6.04 Å². The van der Waals surface area contributed by atoms with Crippen LogP contribution in [0.3, 0.4) is 0 Å². The smallest absolute Gasteiger partial charge is 0.256 e. The van der Waals surface area contributed by atoms with Gasteiger partial charge in [0.15, 0.2) is 0 Å². The standard InChI is InChI=1S/C24H22N6O2/c1-15(30-14-25-13-26-30)23(31)27-17-8-10-18(11-9-17)28-24(32)20-12-22(16-6-7-16)29-21-5-3-2-4-19(20)21/h2-5,8-16H,6-7H2,1H3,(H,27,31)(H,28,32). The van der Waals surface area contributed by atoms with Crippen LogP contribution in [0.2, 0.25) is 0 Å². The number of fused-ring (bicyclic) bond motifs is 1. The third-order valence-electron chi connectivity index (χ3n) is 5.60. The molecular formula is C24H22N6O2. The lowest BCUT2D eigenvalue weighted by Crippen LogP contribution is -2.24. The van der Waals surface area contributed by atoms with Crippen molar-refractivity contribution in [2.75, 3.05) is 10.6 Å². The van der Waals surface area contributed by atoms with Crippen LogP contribution in [0.1, 0.15) is 47.8 Å². The van der Waals surface area contributed by atoms with Crippen LogP contribution in [0, 0.1) is 0 Å². The molecule has 2 amide bonds. The van der Waals surface area contributed by atoms with E-state index in [-0.39, 0.29) is 11.8 Å². The molecule has 8 nitrogen and oxygen atoms in total. The number of hydrogen-bond acceptors (Lipinski definition) is 5. The maximum Gasteiger partial charge on any atom is 0.256 e. The minimum Gasteiger partial charge on any atom is -0.324 e. The van der Waals surface area contributed by atoms with E-state index in [1.807, 2.05) is 30.3 Å². The molecule has 0 saturated heterocycles. The quantitative estimate of drug-likeness (QED) is 0.482. The van der Waals surface area contributed by atoms with Crippen LogP contribution < -0.4 is 10.6 Å². The Hall–Kier alpha value is -4.07. The fourth-order valence-corrected chi connectivity index (χ4v) is 3.59. The van der Waals surface area contributed by atoms with Crippen molar-refractivity contribution in [1.29, 1.82) is 0 Å². The number of benzene rings is 2. The highest BCUT2D eigenvalue weighted by atomic mass is 16.2. The van der Waals surface area contributed by atoms with Gasteiger partial charge in [-0.05, 0) is 56.2 Å². The number of carbonyl (C=O) groups is 2. The molecule has 1 atom stereocenters. The van der Waals surface area contributed by atoms with Gasteiger partial charge in [-0.3, -0.25) is 14.6 Å². The van der Waals surface area contributed by atoms with Crippen molar-refractivity contribution in [3.63, 3.8) is 0 Å². The Labute approximate surface area is 184 Å². The molecule has 2 heterocycles. The number of carbonyl (C=O) groups excluding carboxylic acids is 2. The Kier molecular flexibility index (Phi) is 5.10. The van der Waals surface area contributed by atoms with E-state index in [1.54, 1.807) is 31.2 Å². The maximum absolute atomic E-state index is 13.1. The second-order valence-electron chi connectivity index (χ2n) is 7.96. The molecule has 0 spiro atoms. The lowest BCUT2D eigenvalue weighted by molar-refractivity contribution is -0.119. The number of anilines is 2. The Morgan fingerprint density at radius 3 is 2.44 bits per heavy atom. The highest BCUT2D eigenvalue weighted by Crippen LogP contribution is 2.40. The van der Waals surface area contributed by atoms with Gasteiger partial charge in [-0.1, -0.05) is 18.2 Å². The summed E-state index contributed by atoms with van der Waals surface area (Å²) in [6.07, 6.45) is 5.13. The molecule has 2 aromatic heterocycles. The van der Waals surface area contributed by atoms with Gasteiger partial charge in [0.1, 0.15) is 18.7 Å². The summed E-state index contributed by atoms with van der Waals surface area (Å²) in [5.74, 6) is 0.0687. The third kappa shape index (κ3) is 4.07. The summed E-state index contributed by atoms with van der Waals surface area (Å²) in [6, 6.07) is 16.2. The molecule has 8 heteroatoms. The van der Waals surface area contributed by atoms with Crippen molar-refractivity contribution in [3.8, 4) is 0 Å². The summed E-state index contributed by atoms with van der Waals surface area (Å²) >= 11 is 0. The zero-order valence-electron chi connectivity index (χ0n) is 17.5. The van der Waals surface area contributed by atoms with Crippen molar-refractivity contribution in [3.05, 3.63) is 78.5 Å². The summed E-state index contributed by atoms with van der Waals surface area (Å²) in [6.45, 7) is 1.74. The molecular weight excluding hydrogens is 404 g/mol. The number of pyridine rings is 1. The molecule has 2 aromatic carbocycles. The summed E-state index contributed by atoms with van der Waals surface area (Å²) in [5.41, 5.74) is 3.71. The summed E-state index contributed by atoms with van der Waals surface area (Å²) in [7, 11) is 0. The fourth-order valence-electron chi connectivity index (χ4n) is 3.59. The van der Waals surface area contributed by atoms with E-state index in [4.69, 9.17) is 4.98 Å². The van der Waals surface area contributed by atoms with E-state index in [2.05, 4.69) is 20.7 Å². The van der Waals surface area contributed by atoms with Crippen molar-refractivity contribution < 1.29 is 9.59 Å². The van der Waals surface area contributed by atoms with Crippen molar-refractivity contribution in [2.24, 2.45) is 0 Å². The van der Waals surface area contributed by atoms with Crippen LogP contribution in [0.15, 0.2) is 67.3 Å². The van der Waals surface area contributed by atoms with Crippen molar-refractivity contribution in [1.82, 2.24) is 19.7 Å². The molecule has 32 heavy (non-hydrogen) atoms. The van der Waals surface area contributed by atoms with Gasteiger partial charge in [-0.2, -0.15) is 5.10 Å². The predicted octanol–water partition coefficient (Wildman–Crippen LogP) is 4.16. The largest absolute Gasteiger partial charge is 0.324 e. The molecule has 0 aliphatic heterocycles. The van der Waals surface area contributed by atoms with E-state index in [9.17, 15) is 9.59 Å². The zero-order valence-corrected chi connectivity index (χ0v) is 17.5. The summed E-state index contributed by atoms with van der Waals surface area (Å²) in [5, 5.41) is 10.6. The van der Waals surface area contributed by atoms with Crippen LogP contribution in [0.5, 0.6) is 0 Å². The first kappa shape index (κ1) is 19.9. The lowest BCUT2D eigenvalue weighted by atomic mass is 10.1. The second-order valence-corrected chi connectivity index (χ2v) is 7.96. The third-order valence-corrected chi connectivity index (χ3v) is 5.60. The van der Waals surface area contributed by atoms with Crippen molar-refractivity contribution in [2.45, 2.75) is 31.7 Å². The van der Waals surface area contributed by atoms with Crippen LogP contribution in [-0.2, 0) is 4.79 Å². The monoisotopic (exact) mass is 426 g/mol. The molecule has 5 rings (SSSR count). The second kappa shape index (κ2) is 8.22. The van der Waals surface area contributed by atoms with Gasteiger partial charge in [-0.25, -0.2) is 9.67 Å². The number of nitrogens with one attached hydrogen (secondary N) is 2. The lowest BCUT2D eigenvalue weighted by Gasteiger charge is -2.13. The number of para-hydroxylation sites is 1. The normalized spacial score (nSPS) is 14.2. The van der Waals surface area contributed by atoms with E-state index in [0.29, 0.717) is 22.9 Å². The average molecular weight is 426 g/mol. The van der Waals surface area contributed by atoms with E-state index in [1.165, 1.54) is 17.3 Å². The molecule has 1 fully saturated rings.